The van der Waals surface area contributed by atoms with Crippen molar-refractivity contribution in [3.63, 3.8) is 0 Å². The van der Waals surface area contributed by atoms with Crippen LogP contribution in [0.5, 0.6) is 5.75 Å². The van der Waals surface area contributed by atoms with E-state index in [-0.39, 0.29) is 34.6 Å². The molecule has 8 atom stereocenters. The molecular weight excluding hydrogens is 444 g/mol. The van der Waals surface area contributed by atoms with Crippen molar-refractivity contribution in [3.05, 3.63) is 30.3 Å². The van der Waals surface area contributed by atoms with Crippen molar-refractivity contribution in [2.45, 2.75) is 98.8 Å². The molecule has 2 saturated carbocycles. The second-order valence-electron chi connectivity index (χ2n) is 12.3. The number of ether oxygens (including phenoxy) is 1. The molecule has 5 heteroatoms. The summed E-state index contributed by atoms with van der Waals surface area (Å²) in [6.45, 7) is 17.8. The van der Waals surface area contributed by atoms with Gasteiger partial charge in [0.2, 0.25) is 0 Å². The highest BCUT2D eigenvalue weighted by molar-refractivity contribution is 7.95. The fourth-order valence-electron chi connectivity index (χ4n) is 6.86. The zero-order valence-corrected chi connectivity index (χ0v) is 23.3. The number of carbonyl (C=O) groups is 1. The summed E-state index contributed by atoms with van der Waals surface area (Å²) in [7, 11) is 0. The molecule has 2 aliphatic rings. The van der Waals surface area contributed by atoms with Crippen LogP contribution in [0.15, 0.2) is 30.3 Å². The normalized spacial score (nSPS) is 30.6. The van der Waals surface area contributed by atoms with Gasteiger partial charge in [0.05, 0.1) is 17.3 Å². The molecule has 3 rings (SSSR count). The third kappa shape index (κ3) is 6.13. The van der Waals surface area contributed by atoms with Crippen molar-refractivity contribution >= 4 is 18.0 Å². The number of para-hydroxylation sites is 1. The van der Waals surface area contributed by atoms with E-state index in [0.717, 1.165) is 11.8 Å². The average molecular weight is 491 g/mol. The van der Waals surface area contributed by atoms with Crippen LogP contribution in [0.3, 0.4) is 0 Å². The molecule has 4 unspecified atom stereocenters. The molecule has 0 N–H and O–H groups in total. The summed E-state index contributed by atoms with van der Waals surface area (Å²) in [5.74, 6) is 3.02. The fourth-order valence-corrected chi connectivity index (χ4v) is 8.05. The maximum Gasteiger partial charge on any atom is 0.302 e. The zero-order chi connectivity index (χ0) is 25.1. The first-order valence-corrected chi connectivity index (χ1v) is 14.0. The van der Waals surface area contributed by atoms with Crippen molar-refractivity contribution in [3.8, 4) is 5.75 Å². The summed E-state index contributed by atoms with van der Waals surface area (Å²) in [5.41, 5.74) is 0.338. The number of benzene rings is 1. The minimum atomic E-state index is -0.242. The molecule has 192 valence electrons. The van der Waals surface area contributed by atoms with Crippen LogP contribution in [0.1, 0.15) is 87.5 Å². The van der Waals surface area contributed by atoms with Crippen molar-refractivity contribution < 1.29 is 18.8 Å². The Balaban J connectivity index is 1.85. The summed E-state index contributed by atoms with van der Waals surface area (Å²) >= 11 is 1.32. The first-order valence-electron chi connectivity index (χ1n) is 13.2. The molecule has 0 aliphatic heterocycles. The van der Waals surface area contributed by atoms with Crippen LogP contribution in [0.4, 0.5) is 0 Å². The van der Waals surface area contributed by atoms with Crippen molar-refractivity contribution in [1.82, 2.24) is 0 Å². The van der Waals surface area contributed by atoms with Crippen molar-refractivity contribution in [1.29, 1.82) is 0 Å². The average Bonchev–Trinajstić information content (AvgIpc) is 3.13. The lowest BCUT2D eigenvalue weighted by atomic mass is 9.59. The molecule has 4 nitrogen and oxygen atoms in total. The molecule has 1 aromatic rings. The third-order valence-corrected chi connectivity index (χ3v) is 10.3. The molecule has 0 aromatic heterocycles. The van der Waals surface area contributed by atoms with E-state index < -0.39 is 0 Å². The standard InChI is InChI=1S/C29H46O4S/c1-19-13-12-18-29(8)24(19)16-17-25(29)20(2)26(31-22(4)30)27(21(3)28(5,6)7)34-33-32-23-14-10-9-11-15-23/h9-11,14-15,19-21,24-27H,12-13,16-18H2,1-8H3/t19?,20-,21+,24?,25-,26?,27?,29+/m1/s1. The van der Waals surface area contributed by atoms with Crippen LogP contribution in [0.2, 0.25) is 0 Å². The van der Waals surface area contributed by atoms with Gasteiger partial charge in [-0.25, -0.2) is 0 Å². The van der Waals surface area contributed by atoms with Gasteiger partial charge in [0.1, 0.15) is 6.10 Å². The fraction of sp³-hybridized carbons (Fsp3) is 0.759. The summed E-state index contributed by atoms with van der Waals surface area (Å²) in [6.07, 6.45) is 6.20. The molecule has 0 spiro atoms. The number of carbonyl (C=O) groups excluding carboxylic acids is 1. The molecular formula is C29H46O4S. The van der Waals surface area contributed by atoms with Gasteiger partial charge in [-0.1, -0.05) is 79.5 Å². The van der Waals surface area contributed by atoms with Crippen LogP contribution >= 0.6 is 12.0 Å². The summed E-state index contributed by atoms with van der Waals surface area (Å²) in [5, 5.41) is -0.0497. The van der Waals surface area contributed by atoms with Crippen molar-refractivity contribution in [2.24, 2.45) is 40.4 Å². The lowest BCUT2D eigenvalue weighted by molar-refractivity contribution is -0.153. The molecule has 0 saturated heterocycles. The third-order valence-electron chi connectivity index (χ3n) is 9.21. The van der Waals surface area contributed by atoms with E-state index in [4.69, 9.17) is 14.0 Å². The summed E-state index contributed by atoms with van der Waals surface area (Å²) in [4.78, 5) is 18.0. The largest absolute Gasteiger partial charge is 0.461 e. The molecule has 0 amide bonds. The predicted molar refractivity (Wildman–Crippen MR) is 140 cm³/mol. The van der Waals surface area contributed by atoms with Crippen LogP contribution in [0, 0.1) is 40.4 Å². The minimum absolute atomic E-state index is 0.0212. The summed E-state index contributed by atoms with van der Waals surface area (Å²) < 4.78 is 11.9. The van der Waals surface area contributed by atoms with Gasteiger partial charge in [-0.3, -0.25) is 4.79 Å². The zero-order valence-electron chi connectivity index (χ0n) is 22.5. The Morgan fingerprint density at radius 2 is 1.79 bits per heavy atom. The van der Waals surface area contributed by atoms with E-state index >= 15 is 0 Å². The van der Waals surface area contributed by atoms with Crippen molar-refractivity contribution in [2.75, 3.05) is 0 Å². The van der Waals surface area contributed by atoms with Gasteiger partial charge < -0.3 is 9.62 Å². The monoisotopic (exact) mass is 490 g/mol. The predicted octanol–water partition coefficient (Wildman–Crippen LogP) is 8.12. The smallest absolute Gasteiger partial charge is 0.302 e. The Labute approximate surface area is 212 Å². The van der Waals surface area contributed by atoms with Gasteiger partial charge >= 0.3 is 5.97 Å². The number of fused-ring (bicyclic) bond motifs is 1. The first kappa shape index (κ1) is 27.4. The van der Waals surface area contributed by atoms with Gasteiger partial charge in [0.15, 0.2) is 5.75 Å². The Bertz CT molecular complexity index is 791. The van der Waals surface area contributed by atoms with Gasteiger partial charge in [0.25, 0.3) is 0 Å². The maximum atomic E-state index is 12.4. The van der Waals surface area contributed by atoms with E-state index in [1.165, 1.54) is 51.1 Å². The van der Waals surface area contributed by atoms with E-state index in [1.807, 2.05) is 30.3 Å². The second kappa shape index (κ2) is 11.2. The SMILES string of the molecule is CC(=O)OC(C(SOOc1ccccc1)[C@H](C)C(C)(C)C)[C@H](C)[C@H]1CCC2C(C)CCC[C@@]21C. The molecule has 0 bridgehead atoms. The van der Waals surface area contributed by atoms with Crippen LogP contribution in [-0.4, -0.2) is 17.3 Å². The highest BCUT2D eigenvalue weighted by Gasteiger charge is 2.54. The van der Waals surface area contributed by atoms with Gasteiger partial charge in [0, 0.05) is 6.92 Å². The lowest BCUT2D eigenvalue weighted by Gasteiger charge is -2.48. The summed E-state index contributed by atoms with van der Waals surface area (Å²) in [6, 6.07) is 9.54. The molecule has 2 fully saturated rings. The minimum Gasteiger partial charge on any atom is -0.461 e. The highest BCUT2D eigenvalue weighted by Crippen LogP contribution is 2.60. The number of esters is 1. The Hall–Kier alpha value is -1.20. The lowest BCUT2D eigenvalue weighted by Crippen LogP contribution is -2.48. The Morgan fingerprint density at radius 3 is 2.41 bits per heavy atom. The van der Waals surface area contributed by atoms with E-state index in [1.54, 1.807) is 0 Å². The molecule has 0 heterocycles. The van der Waals surface area contributed by atoms with Gasteiger partial charge in [-0.15, -0.1) is 4.33 Å². The first-order chi connectivity index (χ1) is 15.9. The van der Waals surface area contributed by atoms with Gasteiger partial charge in [-0.2, -0.15) is 0 Å². The van der Waals surface area contributed by atoms with Crippen LogP contribution < -0.4 is 4.89 Å². The molecule has 1 aromatic carbocycles. The highest BCUT2D eigenvalue weighted by atomic mass is 32.2. The van der Waals surface area contributed by atoms with Crippen LogP contribution in [-0.2, 0) is 13.9 Å². The van der Waals surface area contributed by atoms with E-state index in [9.17, 15) is 4.79 Å². The molecule has 34 heavy (non-hydrogen) atoms. The Kier molecular flexibility index (Phi) is 9.06. The molecule has 0 radical (unpaired) electrons. The van der Waals surface area contributed by atoms with Gasteiger partial charge in [-0.05, 0) is 71.8 Å². The van der Waals surface area contributed by atoms with Crippen LogP contribution in [0.25, 0.3) is 0 Å². The number of hydrogen-bond acceptors (Lipinski definition) is 5. The Morgan fingerprint density at radius 1 is 1.12 bits per heavy atom. The van der Waals surface area contributed by atoms with E-state index in [0.29, 0.717) is 17.1 Å². The maximum absolute atomic E-state index is 12.4. The number of rotatable bonds is 9. The second-order valence-corrected chi connectivity index (χ2v) is 13.2. The van der Waals surface area contributed by atoms with E-state index in [2.05, 4.69) is 48.5 Å². The topological polar surface area (TPSA) is 44.8 Å². The molecule has 2 aliphatic carbocycles. The number of hydrogen-bond donors (Lipinski definition) is 0. The quantitative estimate of drug-likeness (QED) is 0.151.